The van der Waals surface area contributed by atoms with E-state index in [9.17, 15) is 4.79 Å². The Balaban J connectivity index is 1.81. The Hall–Kier alpha value is -3.11. The van der Waals surface area contributed by atoms with E-state index in [1.165, 1.54) is 6.26 Å². The van der Waals surface area contributed by atoms with Crippen LogP contribution in [-0.4, -0.2) is 12.1 Å². The minimum Gasteiger partial charge on any atom is -0.469 e. The van der Waals surface area contributed by atoms with Gasteiger partial charge in [0.15, 0.2) is 0 Å². The van der Waals surface area contributed by atoms with Crippen LogP contribution >= 0.6 is 11.6 Å². The summed E-state index contributed by atoms with van der Waals surface area (Å²) in [4.78, 5) is 16.9. The lowest BCUT2D eigenvalue weighted by Crippen LogP contribution is -2.12. The van der Waals surface area contributed by atoms with Gasteiger partial charge in [0.05, 0.1) is 17.5 Å². The number of halogens is 1. The highest BCUT2D eigenvalue weighted by atomic mass is 35.5. The van der Waals surface area contributed by atoms with Crippen LogP contribution in [0, 0.1) is 6.92 Å². The average molecular weight is 393 g/mol. The Bertz CT molecular complexity index is 1050. The van der Waals surface area contributed by atoms with Crippen molar-refractivity contribution in [3.8, 4) is 0 Å². The number of aliphatic imine (C=N–C) groups is 1. The Kier molecular flexibility index (Phi) is 6.12. The average Bonchev–Trinajstić information content (AvgIpc) is 3.13. The predicted octanol–water partition coefficient (Wildman–Crippen LogP) is 6.47. The molecule has 0 unspecified atom stereocenters. The molecule has 0 aliphatic rings. The number of benzene rings is 2. The number of furan rings is 1. The maximum absolute atomic E-state index is 12.4. The molecule has 0 spiro atoms. The zero-order chi connectivity index (χ0) is 20.1. The highest BCUT2D eigenvalue weighted by Crippen LogP contribution is 2.27. The molecular formula is C23H21ClN2O2. The molecule has 0 saturated heterocycles. The second-order valence-corrected chi connectivity index (χ2v) is 6.71. The monoisotopic (exact) mass is 392 g/mol. The van der Waals surface area contributed by atoms with E-state index in [1.54, 1.807) is 37.4 Å². The fraction of sp³-hybridized carbons (Fsp3) is 0.130. The fourth-order valence-electron chi connectivity index (χ4n) is 2.82. The summed E-state index contributed by atoms with van der Waals surface area (Å²) in [6, 6.07) is 14.9. The molecule has 1 N–H and O–H groups in total. The molecule has 0 aliphatic heterocycles. The van der Waals surface area contributed by atoms with Gasteiger partial charge in [-0.15, -0.1) is 0 Å². The summed E-state index contributed by atoms with van der Waals surface area (Å²) in [5.74, 6) is 0.327. The van der Waals surface area contributed by atoms with E-state index in [1.807, 2.05) is 18.2 Å². The molecule has 1 amide bonds. The largest absolute Gasteiger partial charge is 0.469 e. The quantitative estimate of drug-likeness (QED) is 0.488. The molecule has 0 bridgehead atoms. The van der Waals surface area contributed by atoms with Gasteiger partial charge in [-0.05, 0) is 54.8 Å². The van der Waals surface area contributed by atoms with Crippen molar-refractivity contribution in [3.05, 3.63) is 88.8 Å². The van der Waals surface area contributed by atoms with Crippen LogP contribution in [-0.2, 0) is 6.42 Å². The summed E-state index contributed by atoms with van der Waals surface area (Å²) in [6.45, 7) is 7.92. The van der Waals surface area contributed by atoms with Crippen LogP contribution in [0.2, 0.25) is 5.02 Å². The number of amides is 1. The first-order valence-electron chi connectivity index (χ1n) is 8.96. The van der Waals surface area contributed by atoms with Gasteiger partial charge in [0.1, 0.15) is 5.76 Å². The molecule has 28 heavy (non-hydrogen) atoms. The summed E-state index contributed by atoms with van der Waals surface area (Å²) in [6.07, 6.45) is 4.08. The molecule has 0 saturated carbocycles. The third kappa shape index (κ3) is 4.41. The molecule has 0 aliphatic carbocycles. The topological polar surface area (TPSA) is 54.6 Å². The van der Waals surface area contributed by atoms with Crippen molar-refractivity contribution >= 4 is 40.7 Å². The lowest BCUT2D eigenvalue weighted by Gasteiger charge is -2.09. The number of hydrogen-bond donors (Lipinski definition) is 1. The van der Waals surface area contributed by atoms with Crippen molar-refractivity contribution in [3.63, 3.8) is 0 Å². The standard InChI is InChI=1S/C23H21ClN2O2/c1-4-17-7-5-6-8-22(17)25-14-15(2)20-13-18(9-10-21(20)24)26-23(27)19-11-12-28-16(19)3/h5-14H,2,4H2,1,3H3,(H,26,27). The van der Waals surface area contributed by atoms with Crippen molar-refractivity contribution in [2.75, 3.05) is 5.32 Å². The summed E-state index contributed by atoms with van der Waals surface area (Å²) in [5, 5.41) is 3.40. The number of nitrogens with zero attached hydrogens (tertiary/aromatic N) is 1. The third-order valence-corrected chi connectivity index (χ3v) is 4.74. The molecule has 0 atom stereocenters. The number of para-hydroxylation sites is 1. The lowest BCUT2D eigenvalue weighted by molar-refractivity contribution is 0.102. The summed E-state index contributed by atoms with van der Waals surface area (Å²) < 4.78 is 5.18. The van der Waals surface area contributed by atoms with E-state index in [0.29, 0.717) is 33.2 Å². The fourth-order valence-corrected chi connectivity index (χ4v) is 3.06. The van der Waals surface area contributed by atoms with E-state index in [-0.39, 0.29) is 5.91 Å². The number of rotatable bonds is 6. The van der Waals surface area contributed by atoms with Gasteiger partial charge in [-0.3, -0.25) is 9.79 Å². The van der Waals surface area contributed by atoms with Gasteiger partial charge in [-0.2, -0.15) is 0 Å². The number of aryl methyl sites for hydroxylation is 2. The Labute approximate surface area is 169 Å². The van der Waals surface area contributed by atoms with Gasteiger partial charge in [0.2, 0.25) is 0 Å². The molecule has 0 fully saturated rings. The Morgan fingerprint density at radius 2 is 2.00 bits per heavy atom. The van der Waals surface area contributed by atoms with Crippen LogP contribution < -0.4 is 5.32 Å². The van der Waals surface area contributed by atoms with Crippen molar-refractivity contribution in [1.29, 1.82) is 0 Å². The van der Waals surface area contributed by atoms with E-state index in [4.69, 9.17) is 16.0 Å². The molecule has 3 aromatic rings. The lowest BCUT2D eigenvalue weighted by atomic mass is 10.1. The molecular weight excluding hydrogens is 372 g/mol. The summed E-state index contributed by atoms with van der Waals surface area (Å²) in [5.41, 5.74) is 4.55. The van der Waals surface area contributed by atoms with E-state index >= 15 is 0 Å². The first-order chi connectivity index (χ1) is 13.5. The van der Waals surface area contributed by atoms with Crippen LogP contribution in [0.1, 0.15) is 34.2 Å². The van der Waals surface area contributed by atoms with Crippen LogP contribution in [0.3, 0.4) is 0 Å². The van der Waals surface area contributed by atoms with E-state index in [0.717, 1.165) is 17.7 Å². The van der Waals surface area contributed by atoms with Gasteiger partial charge in [-0.1, -0.05) is 43.3 Å². The second-order valence-electron chi connectivity index (χ2n) is 6.30. The van der Waals surface area contributed by atoms with E-state index in [2.05, 4.69) is 29.9 Å². The van der Waals surface area contributed by atoms with Gasteiger partial charge < -0.3 is 9.73 Å². The van der Waals surface area contributed by atoms with Crippen molar-refractivity contribution < 1.29 is 9.21 Å². The molecule has 1 aromatic heterocycles. The van der Waals surface area contributed by atoms with Gasteiger partial charge >= 0.3 is 0 Å². The summed E-state index contributed by atoms with van der Waals surface area (Å²) >= 11 is 6.34. The smallest absolute Gasteiger partial charge is 0.259 e. The molecule has 5 heteroatoms. The van der Waals surface area contributed by atoms with Crippen molar-refractivity contribution in [2.24, 2.45) is 4.99 Å². The predicted molar refractivity (Wildman–Crippen MR) is 116 cm³/mol. The Morgan fingerprint density at radius 3 is 2.71 bits per heavy atom. The van der Waals surface area contributed by atoms with Crippen LogP contribution in [0.25, 0.3) is 5.57 Å². The molecule has 4 nitrogen and oxygen atoms in total. The maximum Gasteiger partial charge on any atom is 0.259 e. The molecule has 0 radical (unpaired) electrons. The number of carbonyl (C=O) groups excluding carboxylic acids is 1. The molecule has 142 valence electrons. The van der Waals surface area contributed by atoms with Crippen LogP contribution in [0.5, 0.6) is 0 Å². The second kappa shape index (κ2) is 8.72. The Morgan fingerprint density at radius 1 is 1.21 bits per heavy atom. The number of carbonyl (C=O) groups is 1. The zero-order valence-electron chi connectivity index (χ0n) is 15.8. The molecule has 1 heterocycles. The number of hydrogen-bond acceptors (Lipinski definition) is 3. The van der Waals surface area contributed by atoms with E-state index < -0.39 is 0 Å². The first-order valence-corrected chi connectivity index (χ1v) is 9.33. The van der Waals surface area contributed by atoms with Crippen molar-refractivity contribution in [1.82, 2.24) is 0 Å². The van der Waals surface area contributed by atoms with Crippen LogP contribution in [0.4, 0.5) is 11.4 Å². The highest BCUT2D eigenvalue weighted by Gasteiger charge is 2.13. The SMILES string of the molecule is C=C(C=Nc1ccccc1CC)c1cc(NC(=O)c2ccoc2C)ccc1Cl. The van der Waals surface area contributed by atoms with Gasteiger partial charge in [-0.25, -0.2) is 0 Å². The first kappa shape index (κ1) is 19.6. The third-order valence-electron chi connectivity index (χ3n) is 4.41. The van der Waals surface area contributed by atoms with Gasteiger partial charge in [0.25, 0.3) is 5.91 Å². The number of anilines is 1. The minimum atomic E-state index is -0.240. The normalized spacial score (nSPS) is 11.0. The van der Waals surface area contributed by atoms with Gasteiger partial charge in [0, 0.05) is 22.5 Å². The maximum atomic E-state index is 12.4. The highest BCUT2D eigenvalue weighted by molar-refractivity contribution is 6.34. The number of allylic oxidation sites excluding steroid dienone is 1. The molecule has 2 aromatic carbocycles. The van der Waals surface area contributed by atoms with Crippen LogP contribution in [0.15, 0.2) is 70.8 Å². The summed E-state index contributed by atoms with van der Waals surface area (Å²) in [7, 11) is 0. The zero-order valence-corrected chi connectivity index (χ0v) is 16.6. The van der Waals surface area contributed by atoms with Crippen molar-refractivity contribution in [2.45, 2.75) is 20.3 Å². The minimum absolute atomic E-state index is 0.240. The molecule has 3 rings (SSSR count). The number of nitrogens with one attached hydrogen (secondary N) is 1.